The van der Waals surface area contributed by atoms with Crippen molar-refractivity contribution in [3.8, 4) is 5.75 Å². The number of hydrogen-bond acceptors (Lipinski definition) is 6. The minimum atomic E-state index is -0.634. The lowest BCUT2D eigenvalue weighted by atomic mass is 9.96. The average molecular weight is 545 g/mol. The van der Waals surface area contributed by atoms with Gasteiger partial charge in [0.25, 0.3) is 5.56 Å². The van der Waals surface area contributed by atoms with Gasteiger partial charge in [0.2, 0.25) is 0 Å². The highest BCUT2D eigenvalue weighted by molar-refractivity contribution is 7.07. The second-order valence-electron chi connectivity index (χ2n) is 8.67. The summed E-state index contributed by atoms with van der Waals surface area (Å²) in [7, 11) is 0. The lowest BCUT2D eigenvalue weighted by Gasteiger charge is -2.24. The first-order valence-corrected chi connectivity index (χ1v) is 13.4. The molecule has 5 rings (SSSR count). The SMILES string of the molecule is CCOC(=O)C1=C(C)N=c2sc(=Cc3ccccc3OCc3ccc(Cl)cc3)c(=O)n2C1c1ccccc1. The van der Waals surface area contributed by atoms with E-state index in [-0.39, 0.29) is 12.2 Å². The predicted octanol–water partition coefficient (Wildman–Crippen LogP) is 5.03. The highest BCUT2D eigenvalue weighted by Crippen LogP contribution is 2.30. The van der Waals surface area contributed by atoms with Crippen LogP contribution in [0.5, 0.6) is 5.75 Å². The van der Waals surface area contributed by atoms with Gasteiger partial charge in [-0.15, -0.1) is 0 Å². The van der Waals surface area contributed by atoms with Gasteiger partial charge in [0, 0.05) is 10.6 Å². The fourth-order valence-electron chi connectivity index (χ4n) is 4.36. The predicted molar refractivity (Wildman–Crippen MR) is 149 cm³/mol. The van der Waals surface area contributed by atoms with Gasteiger partial charge in [0.15, 0.2) is 4.80 Å². The van der Waals surface area contributed by atoms with Crippen molar-refractivity contribution in [1.82, 2.24) is 4.57 Å². The van der Waals surface area contributed by atoms with Gasteiger partial charge in [-0.05, 0) is 49.2 Å². The van der Waals surface area contributed by atoms with Crippen molar-refractivity contribution in [2.45, 2.75) is 26.5 Å². The largest absolute Gasteiger partial charge is 0.488 e. The maximum Gasteiger partial charge on any atom is 0.338 e. The van der Waals surface area contributed by atoms with E-state index in [0.29, 0.717) is 38.0 Å². The van der Waals surface area contributed by atoms with Gasteiger partial charge < -0.3 is 9.47 Å². The molecule has 0 amide bonds. The minimum Gasteiger partial charge on any atom is -0.488 e. The molecular weight excluding hydrogens is 520 g/mol. The second kappa shape index (κ2) is 11.2. The number of esters is 1. The van der Waals surface area contributed by atoms with Crippen LogP contribution in [0.25, 0.3) is 6.08 Å². The molecule has 3 aromatic carbocycles. The van der Waals surface area contributed by atoms with Crippen LogP contribution in [0.3, 0.4) is 0 Å². The van der Waals surface area contributed by atoms with E-state index >= 15 is 0 Å². The molecule has 1 unspecified atom stereocenters. The molecule has 38 heavy (non-hydrogen) atoms. The van der Waals surface area contributed by atoms with Crippen LogP contribution in [0.1, 0.15) is 36.6 Å². The first-order chi connectivity index (χ1) is 18.5. The first kappa shape index (κ1) is 25.7. The molecule has 6 nitrogen and oxygen atoms in total. The van der Waals surface area contributed by atoms with Crippen molar-refractivity contribution in [2.75, 3.05) is 6.61 Å². The van der Waals surface area contributed by atoms with Crippen molar-refractivity contribution in [1.29, 1.82) is 0 Å². The average Bonchev–Trinajstić information content (AvgIpc) is 3.23. The molecule has 0 saturated heterocycles. The number of para-hydroxylation sites is 1. The van der Waals surface area contributed by atoms with Crippen LogP contribution < -0.4 is 19.6 Å². The van der Waals surface area contributed by atoms with Gasteiger partial charge in [-0.25, -0.2) is 9.79 Å². The molecule has 2 heterocycles. The lowest BCUT2D eigenvalue weighted by molar-refractivity contribution is -0.139. The summed E-state index contributed by atoms with van der Waals surface area (Å²) < 4.78 is 13.5. The Morgan fingerprint density at radius 1 is 1.05 bits per heavy atom. The van der Waals surface area contributed by atoms with E-state index in [2.05, 4.69) is 4.99 Å². The fraction of sp³-hybridized carbons (Fsp3) is 0.167. The van der Waals surface area contributed by atoms with Crippen LogP contribution in [0.4, 0.5) is 0 Å². The van der Waals surface area contributed by atoms with E-state index in [1.807, 2.05) is 84.9 Å². The van der Waals surface area contributed by atoms with E-state index in [1.54, 1.807) is 18.4 Å². The summed E-state index contributed by atoms with van der Waals surface area (Å²) in [6.45, 7) is 4.12. The zero-order valence-electron chi connectivity index (χ0n) is 20.9. The Labute approximate surface area is 228 Å². The van der Waals surface area contributed by atoms with Crippen LogP contribution in [0.2, 0.25) is 5.02 Å². The van der Waals surface area contributed by atoms with E-state index in [0.717, 1.165) is 16.7 Å². The number of rotatable bonds is 7. The smallest absolute Gasteiger partial charge is 0.338 e. The summed E-state index contributed by atoms with van der Waals surface area (Å²) in [5, 5.41) is 0.666. The molecule has 1 aliphatic rings. The van der Waals surface area contributed by atoms with Crippen LogP contribution in [0, 0.1) is 0 Å². The Morgan fingerprint density at radius 3 is 2.50 bits per heavy atom. The summed E-state index contributed by atoms with van der Waals surface area (Å²) >= 11 is 7.27. The summed E-state index contributed by atoms with van der Waals surface area (Å²) in [6.07, 6.45) is 1.81. The summed E-state index contributed by atoms with van der Waals surface area (Å²) in [5.41, 5.74) is 3.23. The number of hydrogen-bond donors (Lipinski definition) is 0. The van der Waals surface area contributed by atoms with Crippen molar-refractivity contribution in [3.63, 3.8) is 0 Å². The molecule has 0 saturated carbocycles. The monoisotopic (exact) mass is 544 g/mol. The molecule has 0 radical (unpaired) electrons. The third-order valence-corrected chi connectivity index (χ3v) is 7.38. The van der Waals surface area contributed by atoms with Crippen molar-refractivity contribution >= 4 is 35.0 Å². The molecule has 0 aliphatic carbocycles. The maximum absolute atomic E-state index is 13.8. The number of nitrogens with zero attached hydrogens (tertiary/aromatic N) is 2. The number of fused-ring (bicyclic) bond motifs is 1. The highest BCUT2D eigenvalue weighted by atomic mass is 35.5. The number of halogens is 1. The van der Waals surface area contributed by atoms with Gasteiger partial charge in [-0.1, -0.05) is 83.6 Å². The second-order valence-corrected chi connectivity index (χ2v) is 10.1. The van der Waals surface area contributed by atoms with Gasteiger partial charge >= 0.3 is 5.97 Å². The Kier molecular flexibility index (Phi) is 7.58. The number of benzene rings is 3. The fourth-order valence-corrected chi connectivity index (χ4v) is 5.52. The van der Waals surface area contributed by atoms with E-state index < -0.39 is 12.0 Å². The van der Waals surface area contributed by atoms with E-state index in [1.165, 1.54) is 11.3 Å². The number of carbonyl (C=O) groups is 1. The number of carbonyl (C=O) groups excluding carboxylic acids is 1. The number of thiazole rings is 1. The molecule has 0 bridgehead atoms. The molecule has 1 aliphatic heterocycles. The first-order valence-electron chi connectivity index (χ1n) is 12.2. The Balaban J connectivity index is 1.58. The molecule has 8 heteroatoms. The minimum absolute atomic E-state index is 0.231. The van der Waals surface area contributed by atoms with Crippen molar-refractivity contribution in [2.24, 2.45) is 4.99 Å². The van der Waals surface area contributed by atoms with E-state index in [4.69, 9.17) is 21.1 Å². The molecule has 1 aromatic heterocycles. The molecular formula is C30H25ClN2O4S. The van der Waals surface area contributed by atoms with Crippen LogP contribution in [-0.4, -0.2) is 17.1 Å². The quantitative estimate of drug-likeness (QED) is 0.306. The Morgan fingerprint density at radius 2 is 1.76 bits per heavy atom. The van der Waals surface area contributed by atoms with E-state index in [9.17, 15) is 9.59 Å². The van der Waals surface area contributed by atoms with Crippen LogP contribution in [0.15, 0.2) is 99.9 Å². The summed E-state index contributed by atoms with van der Waals surface area (Å²) in [4.78, 5) is 32.0. The third-order valence-electron chi connectivity index (χ3n) is 6.15. The number of aromatic nitrogens is 1. The maximum atomic E-state index is 13.8. The van der Waals surface area contributed by atoms with Crippen molar-refractivity contribution < 1.29 is 14.3 Å². The summed E-state index contributed by atoms with van der Waals surface area (Å²) in [6, 6.07) is 23.9. The zero-order valence-corrected chi connectivity index (χ0v) is 22.5. The van der Waals surface area contributed by atoms with Gasteiger partial charge in [0.1, 0.15) is 12.4 Å². The summed E-state index contributed by atoms with van der Waals surface area (Å²) in [5.74, 6) is 0.175. The van der Waals surface area contributed by atoms with Crippen molar-refractivity contribution in [3.05, 3.63) is 132 Å². The van der Waals surface area contributed by atoms with Gasteiger partial charge in [-0.3, -0.25) is 9.36 Å². The molecule has 4 aromatic rings. The normalized spacial score (nSPS) is 15.1. The number of ether oxygens (including phenoxy) is 2. The number of allylic oxidation sites excluding steroid dienone is 1. The highest BCUT2D eigenvalue weighted by Gasteiger charge is 2.33. The molecule has 0 N–H and O–H groups in total. The molecule has 1 atom stereocenters. The van der Waals surface area contributed by atoms with Gasteiger partial charge in [0.05, 0.1) is 28.5 Å². The van der Waals surface area contributed by atoms with Crippen LogP contribution >= 0.6 is 22.9 Å². The van der Waals surface area contributed by atoms with Crippen LogP contribution in [-0.2, 0) is 16.1 Å². The molecule has 192 valence electrons. The molecule has 0 spiro atoms. The van der Waals surface area contributed by atoms with Gasteiger partial charge in [-0.2, -0.15) is 0 Å². The standard InChI is InChI=1S/C30H25ClN2O4S/c1-3-36-29(35)26-19(2)32-30-33(27(26)21-9-5-4-6-10-21)28(34)25(38-30)17-22-11-7-8-12-24(22)37-18-20-13-15-23(31)16-14-20/h4-17,27H,3,18H2,1-2H3. The topological polar surface area (TPSA) is 69.9 Å². The Hall–Kier alpha value is -3.94. The Bertz CT molecular complexity index is 1690. The zero-order chi connectivity index (χ0) is 26.6. The lowest BCUT2D eigenvalue weighted by Crippen LogP contribution is -2.39. The third kappa shape index (κ3) is 5.21. The molecule has 0 fully saturated rings.